The number of carbonyl (C=O) groups excluding carboxylic acids is 5. The van der Waals surface area contributed by atoms with Gasteiger partial charge in [-0.05, 0) is 56.0 Å². The van der Waals surface area contributed by atoms with Gasteiger partial charge in [0, 0.05) is 11.5 Å². The summed E-state index contributed by atoms with van der Waals surface area (Å²) in [5.74, 6) is -5.73. The van der Waals surface area contributed by atoms with E-state index in [0.717, 1.165) is 7.11 Å². The van der Waals surface area contributed by atoms with Crippen LogP contribution in [0.3, 0.4) is 0 Å². The molecule has 6 atom stereocenters. The van der Waals surface area contributed by atoms with Crippen molar-refractivity contribution in [2.45, 2.75) is 25.7 Å². The van der Waals surface area contributed by atoms with E-state index >= 15 is 0 Å². The van der Waals surface area contributed by atoms with Crippen molar-refractivity contribution in [2.24, 2.45) is 29.1 Å². The standard InChI is InChI=1S/C30H28N2O8/c1-30-21(26(35)31(28(30)37)15-7-5-4-6-8-15)14-19-17(24(30)20-13-16(39-2)9-12-22(20)33)10-11-18-23(19)27(36)32(25(18)34)29(38)40-3/h4-10,12-13,18-19,21,23-24,33H,11,14H2,1-3H3/t18-,19+,21-,23-,24+,30+/m0/s1. The van der Waals surface area contributed by atoms with Gasteiger partial charge in [0.05, 0.1) is 43.1 Å². The molecule has 206 valence electrons. The van der Waals surface area contributed by atoms with Gasteiger partial charge in [-0.15, -0.1) is 0 Å². The van der Waals surface area contributed by atoms with Crippen LogP contribution in [0.5, 0.6) is 11.5 Å². The zero-order chi connectivity index (χ0) is 28.5. The Morgan fingerprint density at radius 3 is 2.38 bits per heavy atom. The maximum atomic E-state index is 14.3. The van der Waals surface area contributed by atoms with Gasteiger partial charge in [-0.25, -0.2) is 9.69 Å². The van der Waals surface area contributed by atoms with Crippen molar-refractivity contribution < 1.29 is 38.6 Å². The lowest BCUT2D eigenvalue weighted by Crippen LogP contribution is -2.49. The van der Waals surface area contributed by atoms with Gasteiger partial charge in [-0.2, -0.15) is 4.90 Å². The predicted octanol–water partition coefficient (Wildman–Crippen LogP) is 3.40. The molecule has 2 aliphatic heterocycles. The van der Waals surface area contributed by atoms with Gasteiger partial charge in [-0.1, -0.05) is 29.8 Å². The molecule has 40 heavy (non-hydrogen) atoms. The van der Waals surface area contributed by atoms with Crippen LogP contribution in [-0.2, 0) is 23.9 Å². The molecule has 2 saturated heterocycles. The van der Waals surface area contributed by atoms with Gasteiger partial charge in [0.2, 0.25) is 23.6 Å². The number of amides is 5. The second-order valence-corrected chi connectivity index (χ2v) is 10.9. The van der Waals surface area contributed by atoms with E-state index in [4.69, 9.17) is 9.47 Å². The Morgan fingerprint density at radius 1 is 0.975 bits per heavy atom. The van der Waals surface area contributed by atoms with Gasteiger partial charge in [0.25, 0.3) is 0 Å². The summed E-state index contributed by atoms with van der Waals surface area (Å²) in [7, 11) is 2.59. The zero-order valence-electron chi connectivity index (χ0n) is 22.2. The smallest absolute Gasteiger partial charge is 0.423 e. The number of imide groups is 4. The van der Waals surface area contributed by atoms with E-state index in [-0.39, 0.29) is 18.6 Å². The van der Waals surface area contributed by atoms with Gasteiger partial charge >= 0.3 is 6.09 Å². The summed E-state index contributed by atoms with van der Waals surface area (Å²) in [5, 5.41) is 11.1. The van der Waals surface area contributed by atoms with Crippen molar-refractivity contribution in [3.63, 3.8) is 0 Å². The highest BCUT2D eigenvalue weighted by Crippen LogP contribution is 2.64. The van der Waals surface area contributed by atoms with Crippen molar-refractivity contribution in [1.82, 2.24) is 4.90 Å². The van der Waals surface area contributed by atoms with Crippen LogP contribution in [0.15, 0.2) is 60.2 Å². The third kappa shape index (κ3) is 3.31. The number of para-hydroxylation sites is 1. The van der Waals surface area contributed by atoms with Crippen LogP contribution in [-0.4, -0.2) is 53.9 Å². The van der Waals surface area contributed by atoms with E-state index in [9.17, 15) is 29.1 Å². The number of benzene rings is 2. The number of phenolic OH excluding ortho intramolecular Hbond substituents is 1. The fourth-order valence-corrected chi connectivity index (χ4v) is 7.34. The Balaban J connectivity index is 1.54. The lowest BCUT2D eigenvalue weighted by atomic mass is 9.51. The molecule has 1 saturated carbocycles. The van der Waals surface area contributed by atoms with E-state index in [1.807, 2.05) is 6.08 Å². The van der Waals surface area contributed by atoms with Gasteiger partial charge < -0.3 is 14.6 Å². The minimum Gasteiger partial charge on any atom is -0.508 e. The molecule has 10 heteroatoms. The average molecular weight is 545 g/mol. The molecule has 5 amide bonds. The maximum absolute atomic E-state index is 14.3. The summed E-state index contributed by atoms with van der Waals surface area (Å²) in [5.41, 5.74) is 0.201. The van der Waals surface area contributed by atoms with Gasteiger partial charge in [-0.3, -0.25) is 19.2 Å². The summed E-state index contributed by atoms with van der Waals surface area (Å²) < 4.78 is 10.1. The number of fused-ring (bicyclic) bond motifs is 4. The number of rotatable bonds is 3. The summed E-state index contributed by atoms with van der Waals surface area (Å²) in [6.45, 7) is 1.73. The first-order chi connectivity index (χ1) is 19.1. The molecule has 2 aromatic rings. The van der Waals surface area contributed by atoms with E-state index in [2.05, 4.69) is 0 Å². The molecule has 2 aliphatic carbocycles. The zero-order valence-corrected chi connectivity index (χ0v) is 22.2. The number of allylic oxidation sites excluding steroid dienone is 2. The monoisotopic (exact) mass is 544 g/mol. The first-order valence-electron chi connectivity index (χ1n) is 13.1. The molecule has 1 N–H and O–H groups in total. The first kappa shape index (κ1) is 25.8. The van der Waals surface area contributed by atoms with Crippen LogP contribution in [0.1, 0.15) is 31.2 Å². The van der Waals surface area contributed by atoms with Crippen LogP contribution >= 0.6 is 0 Å². The van der Waals surface area contributed by atoms with E-state index < -0.39 is 64.7 Å². The molecular formula is C30H28N2O8. The van der Waals surface area contributed by atoms with Crippen LogP contribution in [0.25, 0.3) is 0 Å². The Labute approximate surface area is 230 Å². The molecule has 6 rings (SSSR count). The van der Waals surface area contributed by atoms with E-state index in [0.29, 0.717) is 27.5 Å². The number of carbonyl (C=O) groups is 5. The third-order valence-electron chi connectivity index (χ3n) is 9.19. The Bertz CT molecular complexity index is 1500. The molecule has 0 aromatic heterocycles. The molecule has 4 aliphatic rings. The number of likely N-dealkylation sites (tertiary alicyclic amines) is 1. The van der Waals surface area contributed by atoms with Gasteiger partial charge in [0.15, 0.2) is 0 Å². The number of hydrogen-bond donors (Lipinski definition) is 1. The molecule has 0 unspecified atom stereocenters. The fraction of sp³-hybridized carbons (Fsp3) is 0.367. The number of nitrogens with zero attached hydrogens (tertiary/aromatic N) is 2. The number of ether oxygens (including phenoxy) is 2. The highest BCUT2D eigenvalue weighted by Gasteiger charge is 2.68. The minimum atomic E-state index is -1.31. The lowest BCUT2D eigenvalue weighted by molar-refractivity contribution is -0.138. The lowest BCUT2D eigenvalue weighted by Gasteiger charge is -2.49. The molecular weight excluding hydrogens is 516 g/mol. The van der Waals surface area contributed by atoms with Crippen LogP contribution in [0, 0.1) is 29.1 Å². The van der Waals surface area contributed by atoms with Crippen LogP contribution in [0.4, 0.5) is 10.5 Å². The largest absolute Gasteiger partial charge is 0.508 e. The van der Waals surface area contributed by atoms with Gasteiger partial charge in [0.1, 0.15) is 11.5 Å². The van der Waals surface area contributed by atoms with Crippen molar-refractivity contribution >= 4 is 35.4 Å². The number of phenols is 1. The Kier molecular flexibility index (Phi) is 5.83. The maximum Gasteiger partial charge on any atom is 0.423 e. The molecule has 3 fully saturated rings. The number of methoxy groups -OCH3 is 2. The number of aromatic hydroxyl groups is 1. The molecule has 0 bridgehead atoms. The highest BCUT2D eigenvalue weighted by atomic mass is 16.5. The third-order valence-corrected chi connectivity index (χ3v) is 9.19. The quantitative estimate of drug-likeness (QED) is 0.460. The van der Waals surface area contributed by atoms with E-state index in [1.54, 1.807) is 49.4 Å². The van der Waals surface area contributed by atoms with E-state index in [1.165, 1.54) is 18.1 Å². The minimum absolute atomic E-state index is 0.0853. The SMILES string of the molecule is COC(=O)N1C(=O)[C@H]2[C@H](CC=C3[C@H]2C[C@H]2C(=O)N(c4ccccc4)C(=O)[C@@]2(C)[C@H]3c2cc(OC)ccc2O)C1=O. The summed E-state index contributed by atoms with van der Waals surface area (Å²) >= 11 is 0. The molecule has 2 aromatic carbocycles. The summed E-state index contributed by atoms with van der Waals surface area (Å²) in [4.78, 5) is 69.1. The van der Waals surface area contributed by atoms with Crippen LogP contribution < -0.4 is 9.64 Å². The molecule has 0 spiro atoms. The van der Waals surface area contributed by atoms with Crippen molar-refractivity contribution in [3.8, 4) is 11.5 Å². The Hall–Kier alpha value is -4.47. The number of hydrogen-bond acceptors (Lipinski definition) is 8. The summed E-state index contributed by atoms with van der Waals surface area (Å²) in [6, 6.07) is 13.3. The van der Waals surface area contributed by atoms with Crippen molar-refractivity contribution in [2.75, 3.05) is 19.1 Å². The predicted molar refractivity (Wildman–Crippen MR) is 140 cm³/mol. The normalized spacial score (nSPS) is 31.0. The molecule has 2 heterocycles. The van der Waals surface area contributed by atoms with Crippen LogP contribution in [0.2, 0.25) is 0 Å². The second kappa shape index (κ2) is 9.04. The second-order valence-electron chi connectivity index (χ2n) is 10.9. The first-order valence-corrected chi connectivity index (χ1v) is 13.1. The highest BCUT2D eigenvalue weighted by molar-refractivity contribution is 6.24. The van der Waals surface area contributed by atoms with Crippen molar-refractivity contribution in [1.29, 1.82) is 0 Å². The summed E-state index contributed by atoms with van der Waals surface area (Å²) in [6.07, 6.45) is 1.09. The Morgan fingerprint density at radius 2 is 1.70 bits per heavy atom. The van der Waals surface area contributed by atoms with Crippen molar-refractivity contribution in [3.05, 3.63) is 65.7 Å². The topological polar surface area (TPSA) is 131 Å². The fourth-order valence-electron chi connectivity index (χ4n) is 7.34. The molecule has 10 nitrogen and oxygen atoms in total. The molecule has 0 radical (unpaired) electrons. The number of anilines is 1. The average Bonchev–Trinajstić information content (AvgIpc) is 3.33.